The summed E-state index contributed by atoms with van der Waals surface area (Å²) in [4.78, 5) is 0. The maximum absolute atomic E-state index is 6.19. The maximum Gasteiger partial charge on any atom is 0.426 e. The third-order valence-corrected chi connectivity index (χ3v) is 3.37. The Hall–Kier alpha value is -2.68. The van der Waals surface area contributed by atoms with Gasteiger partial charge in [-0.1, -0.05) is 72.8 Å². The molecule has 0 saturated carbocycles. The van der Waals surface area contributed by atoms with E-state index in [0.29, 0.717) is 11.4 Å². The number of nitrogens with two attached hydrogens (primary N) is 1. The Kier molecular flexibility index (Phi) is 3.92. The van der Waals surface area contributed by atoms with Crippen LogP contribution in [0.2, 0.25) is 0 Å². The molecule has 0 spiro atoms. The Labute approximate surface area is 125 Å². The number of nitrogen functional groups attached to an aromatic ring is 1. The van der Waals surface area contributed by atoms with E-state index < -0.39 is 0 Å². The smallest absolute Gasteiger partial charge is 0.426 e. The number of rotatable bonds is 4. The number of hydrogen-bond donors (Lipinski definition) is 1. The van der Waals surface area contributed by atoms with Gasteiger partial charge >= 0.3 is 6.92 Å². The monoisotopic (exact) mass is 273 g/mol. The molecule has 0 unspecified atom stereocenters. The normalized spacial score (nSPS) is 10.1. The van der Waals surface area contributed by atoms with E-state index >= 15 is 0 Å². The molecule has 0 atom stereocenters. The lowest BCUT2D eigenvalue weighted by molar-refractivity contribution is 0.594. The van der Waals surface area contributed by atoms with Gasteiger partial charge in [0.15, 0.2) is 0 Å². The van der Waals surface area contributed by atoms with Crippen LogP contribution in [0.15, 0.2) is 84.9 Å². The van der Waals surface area contributed by atoms with E-state index in [1.54, 1.807) is 0 Å². The minimum Gasteiger partial charge on any atom is -0.550 e. The molecule has 0 amide bonds. The van der Waals surface area contributed by atoms with E-state index in [-0.39, 0.29) is 6.92 Å². The minimum absolute atomic E-state index is 0.169. The Morgan fingerprint density at radius 2 is 1.10 bits per heavy atom. The first-order chi connectivity index (χ1) is 10.3. The molecule has 0 aromatic heterocycles. The Balaban J connectivity index is 1.99. The van der Waals surface area contributed by atoms with Gasteiger partial charge in [-0.25, -0.2) is 0 Å². The Bertz CT molecular complexity index is 661. The highest BCUT2D eigenvalue weighted by molar-refractivity contribution is 6.80. The van der Waals surface area contributed by atoms with Crippen LogP contribution in [0.25, 0.3) is 0 Å². The standard InChI is InChI=1S/C18H16BNO/c20-17-13-7-8-14-18(17)21-19(15-9-3-1-4-10-15)16-11-5-2-6-12-16/h1-14H,20H2. The summed E-state index contributed by atoms with van der Waals surface area (Å²) in [5.74, 6) is 0.704. The van der Waals surface area contributed by atoms with Crippen molar-refractivity contribution < 1.29 is 4.65 Å². The van der Waals surface area contributed by atoms with Gasteiger partial charge in [-0.15, -0.1) is 0 Å². The highest BCUT2D eigenvalue weighted by atomic mass is 16.4. The molecule has 0 fully saturated rings. The lowest BCUT2D eigenvalue weighted by Crippen LogP contribution is -2.47. The van der Waals surface area contributed by atoms with Crippen molar-refractivity contribution in [3.8, 4) is 5.75 Å². The fraction of sp³-hybridized carbons (Fsp3) is 0. The van der Waals surface area contributed by atoms with Crippen LogP contribution in [0.3, 0.4) is 0 Å². The predicted molar refractivity (Wildman–Crippen MR) is 89.4 cm³/mol. The molecular formula is C18H16BNO. The van der Waals surface area contributed by atoms with Crippen LogP contribution in [-0.2, 0) is 0 Å². The predicted octanol–water partition coefficient (Wildman–Crippen LogP) is 2.45. The first kappa shape index (κ1) is 13.3. The van der Waals surface area contributed by atoms with Crippen molar-refractivity contribution in [3.05, 3.63) is 84.9 Å². The lowest BCUT2D eigenvalue weighted by Gasteiger charge is -2.17. The molecule has 3 aromatic carbocycles. The molecular weight excluding hydrogens is 257 g/mol. The van der Waals surface area contributed by atoms with Crippen molar-refractivity contribution in [2.75, 3.05) is 5.73 Å². The van der Waals surface area contributed by atoms with Gasteiger partial charge < -0.3 is 10.4 Å². The molecule has 102 valence electrons. The van der Waals surface area contributed by atoms with Gasteiger partial charge in [-0.2, -0.15) is 0 Å². The van der Waals surface area contributed by atoms with Gasteiger partial charge in [0.25, 0.3) is 0 Å². The molecule has 0 aliphatic rings. The number of para-hydroxylation sites is 2. The topological polar surface area (TPSA) is 35.2 Å². The quantitative estimate of drug-likeness (QED) is 0.585. The molecule has 2 nitrogen and oxygen atoms in total. The molecule has 0 aliphatic carbocycles. The third-order valence-electron chi connectivity index (χ3n) is 3.37. The van der Waals surface area contributed by atoms with Gasteiger partial charge in [0.05, 0.1) is 5.69 Å². The summed E-state index contributed by atoms with van der Waals surface area (Å²) in [6.45, 7) is -0.169. The third kappa shape index (κ3) is 3.08. The zero-order valence-electron chi connectivity index (χ0n) is 11.6. The highest BCUT2D eigenvalue weighted by Gasteiger charge is 2.23. The van der Waals surface area contributed by atoms with E-state index in [9.17, 15) is 0 Å². The summed E-state index contributed by atoms with van der Waals surface area (Å²) >= 11 is 0. The summed E-state index contributed by atoms with van der Waals surface area (Å²) < 4.78 is 6.19. The van der Waals surface area contributed by atoms with Crippen LogP contribution in [0.1, 0.15) is 0 Å². The average molecular weight is 273 g/mol. The zero-order chi connectivity index (χ0) is 14.5. The van der Waals surface area contributed by atoms with Crippen LogP contribution >= 0.6 is 0 Å². The van der Waals surface area contributed by atoms with Gasteiger partial charge in [-0.3, -0.25) is 0 Å². The molecule has 2 N–H and O–H groups in total. The SMILES string of the molecule is Nc1ccccc1OB(c1ccccc1)c1ccccc1. The number of anilines is 1. The molecule has 21 heavy (non-hydrogen) atoms. The molecule has 0 heterocycles. The zero-order valence-corrected chi connectivity index (χ0v) is 11.6. The molecule has 0 radical (unpaired) electrons. The fourth-order valence-electron chi connectivity index (χ4n) is 2.30. The second kappa shape index (κ2) is 6.18. The molecule has 0 aliphatic heterocycles. The van der Waals surface area contributed by atoms with E-state index in [2.05, 4.69) is 24.3 Å². The molecule has 3 heteroatoms. The van der Waals surface area contributed by atoms with Crippen LogP contribution in [0.4, 0.5) is 5.69 Å². The average Bonchev–Trinajstić information content (AvgIpc) is 2.56. The first-order valence-corrected chi connectivity index (χ1v) is 6.95. The van der Waals surface area contributed by atoms with E-state index in [1.165, 1.54) is 0 Å². The summed E-state index contributed by atoms with van der Waals surface area (Å²) in [6, 6.07) is 27.9. The Morgan fingerprint density at radius 1 is 0.619 bits per heavy atom. The number of benzene rings is 3. The van der Waals surface area contributed by atoms with Crippen molar-refractivity contribution in [1.29, 1.82) is 0 Å². The van der Waals surface area contributed by atoms with Gasteiger partial charge in [-0.05, 0) is 23.1 Å². The molecule has 3 aromatic rings. The van der Waals surface area contributed by atoms with Gasteiger partial charge in [0.2, 0.25) is 0 Å². The largest absolute Gasteiger partial charge is 0.550 e. The van der Waals surface area contributed by atoms with Crippen molar-refractivity contribution in [1.82, 2.24) is 0 Å². The summed E-state index contributed by atoms with van der Waals surface area (Å²) in [5.41, 5.74) is 8.85. The number of hydrogen-bond acceptors (Lipinski definition) is 2. The van der Waals surface area contributed by atoms with Crippen LogP contribution < -0.4 is 21.3 Å². The molecule has 0 bridgehead atoms. The molecule has 0 saturated heterocycles. The summed E-state index contributed by atoms with van der Waals surface area (Å²) in [5, 5.41) is 0. The second-order valence-corrected chi connectivity index (χ2v) is 4.86. The van der Waals surface area contributed by atoms with Gasteiger partial charge in [0, 0.05) is 0 Å². The van der Waals surface area contributed by atoms with Crippen LogP contribution in [0, 0.1) is 0 Å². The maximum atomic E-state index is 6.19. The van der Waals surface area contributed by atoms with Crippen molar-refractivity contribution in [3.63, 3.8) is 0 Å². The summed E-state index contributed by atoms with van der Waals surface area (Å²) in [7, 11) is 0. The first-order valence-electron chi connectivity index (χ1n) is 6.95. The Morgan fingerprint density at radius 3 is 1.62 bits per heavy atom. The minimum atomic E-state index is -0.169. The fourth-order valence-corrected chi connectivity index (χ4v) is 2.30. The second-order valence-electron chi connectivity index (χ2n) is 4.86. The van der Waals surface area contributed by atoms with Crippen molar-refractivity contribution >= 4 is 23.5 Å². The van der Waals surface area contributed by atoms with Crippen molar-refractivity contribution in [2.45, 2.75) is 0 Å². The highest BCUT2D eigenvalue weighted by Crippen LogP contribution is 2.20. The van der Waals surface area contributed by atoms with Crippen molar-refractivity contribution in [2.24, 2.45) is 0 Å². The lowest BCUT2D eigenvalue weighted by atomic mass is 9.55. The van der Waals surface area contributed by atoms with Gasteiger partial charge in [0.1, 0.15) is 5.75 Å². The van der Waals surface area contributed by atoms with Crippen LogP contribution in [-0.4, -0.2) is 6.92 Å². The molecule has 3 rings (SSSR count). The van der Waals surface area contributed by atoms with Crippen LogP contribution in [0.5, 0.6) is 5.75 Å². The van der Waals surface area contributed by atoms with E-state index in [4.69, 9.17) is 10.4 Å². The summed E-state index contributed by atoms with van der Waals surface area (Å²) in [6.07, 6.45) is 0. The van der Waals surface area contributed by atoms with E-state index in [0.717, 1.165) is 10.9 Å². The van der Waals surface area contributed by atoms with E-state index in [1.807, 2.05) is 60.7 Å².